The lowest BCUT2D eigenvalue weighted by molar-refractivity contribution is 0.0702. The van der Waals surface area contributed by atoms with Crippen LogP contribution in [-0.4, -0.2) is 32.8 Å². The van der Waals surface area contributed by atoms with Crippen molar-refractivity contribution in [2.75, 3.05) is 6.54 Å². The monoisotopic (exact) mass is 327 g/mol. The van der Waals surface area contributed by atoms with Crippen molar-refractivity contribution in [2.24, 2.45) is 5.41 Å². The van der Waals surface area contributed by atoms with Gasteiger partial charge >= 0.3 is 0 Å². The van der Waals surface area contributed by atoms with Crippen LogP contribution in [0.5, 0.6) is 0 Å². The van der Waals surface area contributed by atoms with E-state index < -0.39 is 0 Å². The second-order valence-electron chi connectivity index (χ2n) is 7.97. The number of likely N-dealkylation sites (tertiary alicyclic amines) is 1. The number of carbonyl (C=O) groups excluding carboxylic acids is 1. The molecule has 0 radical (unpaired) electrons. The summed E-state index contributed by atoms with van der Waals surface area (Å²) in [6.07, 6.45) is 6.07. The van der Waals surface area contributed by atoms with Crippen LogP contribution in [0.1, 0.15) is 56.0 Å². The normalized spacial score (nSPS) is 18.3. The molecular weight excluding hydrogens is 302 g/mol. The van der Waals surface area contributed by atoms with Crippen LogP contribution in [0.3, 0.4) is 0 Å². The summed E-state index contributed by atoms with van der Waals surface area (Å²) in [7, 11) is 0. The molecule has 3 heterocycles. The van der Waals surface area contributed by atoms with Crippen LogP contribution in [0.25, 0.3) is 5.65 Å². The molecule has 1 saturated heterocycles. The predicted octanol–water partition coefficient (Wildman–Crippen LogP) is 3.04. The summed E-state index contributed by atoms with van der Waals surface area (Å²) in [5.41, 5.74) is 1.64. The topological polar surface area (TPSA) is 54.7 Å². The van der Waals surface area contributed by atoms with Crippen molar-refractivity contribution in [3.63, 3.8) is 0 Å². The molecule has 2 aromatic rings. The van der Waals surface area contributed by atoms with E-state index in [1.54, 1.807) is 6.20 Å². The number of hydrogen-bond acceptors (Lipinski definition) is 3. The van der Waals surface area contributed by atoms with Gasteiger partial charge in [0.1, 0.15) is 11.2 Å². The number of carbonyl (C=O) groups is 1. The van der Waals surface area contributed by atoms with Gasteiger partial charge in [-0.2, -0.15) is 0 Å². The fraction of sp³-hybridized carbons (Fsp3) is 0.526. The number of nitrogens with zero attached hydrogens (tertiary/aromatic N) is 3. The highest BCUT2D eigenvalue weighted by Gasteiger charge is 2.33. The molecule has 0 bridgehead atoms. The molecule has 0 saturated carbocycles. The molecule has 1 unspecified atom stereocenters. The van der Waals surface area contributed by atoms with Gasteiger partial charge in [0.15, 0.2) is 0 Å². The lowest BCUT2D eigenvalue weighted by Gasteiger charge is -2.30. The maximum absolute atomic E-state index is 12.9. The number of rotatable bonds is 2. The molecule has 0 N–H and O–H groups in total. The van der Waals surface area contributed by atoms with Gasteiger partial charge in [0.05, 0.1) is 0 Å². The van der Waals surface area contributed by atoms with Gasteiger partial charge in [-0.05, 0) is 49.3 Å². The first-order valence-corrected chi connectivity index (χ1v) is 8.55. The zero-order chi connectivity index (χ0) is 17.5. The molecular formula is C19H25N3O2. The molecule has 3 rings (SSSR count). The fourth-order valence-corrected chi connectivity index (χ4v) is 3.50. The van der Waals surface area contributed by atoms with Crippen molar-refractivity contribution < 1.29 is 4.79 Å². The Morgan fingerprint density at radius 2 is 2.12 bits per heavy atom. The van der Waals surface area contributed by atoms with Crippen LogP contribution in [0, 0.1) is 12.3 Å². The van der Waals surface area contributed by atoms with Gasteiger partial charge in [-0.1, -0.05) is 20.8 Å². The number of pyridine rings is 1. The van der Waals surface area contributed by atoms with Crippen molar-refractivity contribution >= 4 is 11.6 Å². The van der Waals surface area contributed by atoms with Gasteiger partial charge in [0, 0.05) is 25.0 Å². The summed E-state index contributed by atoms with van der Waals surface area (Å²) in [5.74, 6) is -0.186. The van der Waals surface area contributed by atoms with Crippen molar-refractivity contribution in [3.8, 4) is 0 Å². The minimum absolute atomic E-state index is 0.155. The Balaban J connectivity index is 1.95. The second kappa shape index (κ2) is 6.04. The molecule has 128 valence electrons. The fourth-order valence-electron chi connectivity index (χ4n) is 3.50. The highest BCUT2D eigenvalue weighted by atomic mass is 16.2. The van der Waals surface area contributed by atoms with Gasteiger partial charge in [0.2, 0.25) is 0 Å². The van der Waals surface area contributed by atoms with Crippen LogP contribution in [0.15, 0.2) is 29.3 Å². The first-order chi connectivity index (χ1) is 11.3. The lowest BCUT2D eigenvalue weighted by Crippen LogP contribution is -2.40. The SMILES string of the molecule is Cc1ccn2c(=O)c(C(=O)N3CCCC3CC(C)(C)C)cnc2c1. The van der Waals surface area contributed by atoms with Crippen molar-refractivity contribution in [1.29, 1.82) is 0 Å². The standard InChI is InChI=1S/C19H25N3O2/c1-13-7-9-22-16(10-13)20-12-15(18(22)24)17(23)21-8-5-6-14(21)11-19(2,3)4/h7,9-10,12,14H,5-6,8,11H2,1-4H3. The summed E-state index contributed by atoms with van der Waals surface area (Å²) < 4.78 is 1.45. The van der Waals surface area contributed by atoms with Crippen LogP contribution < -0.4 is 5.56 Å². The maximum Gasteiger partial charge on any atom is 0.270 e. The van der Waals surface area contributed by atoms with E-state index in [0.717, 1.165) is 31.4 Å². The van der Waals surface area contributed by atoms with E-state index in [-0.39, 0.29) is 28.5 Å². The summed E-state index contributed by atoms with van der Waals surface area (Å²) >= 11 is 0. The Morgan fingerprint density at radius 3 is 2.83 bits per heavy atom. The summed E-state index contributed by atoms with van der Waals surface area (Å²) in [6, 6.07) is 3.90. The Bertz CT molecular complexity index is 833. The van der Waals surface area contributed by atoms with Crippen LogP contribution in [0.2, 0.25) is 0 Å². The number of aromatic nitrogens is 2. The third-order valence-electron chi connectivity index (χ3n) is 4.58. The Kier molecular flexibility index (Phi) is 4.20. The van der Waals surface area contributed by atoms with E-state index in [0.29, 0.717) is 5.65 Å². The van der Waals surface area contributed by atoms with E-state index >= 15 is 0 Å². The van der Waals surface area contributed by atoms with Crippen LogP contribution in [-0.2, 0) is 0 Å². The van der Waals surface area contributed by atoms with Crippen molar-refractivity contribution in [2.45, 2.75) is 53.0 Å². The predicted molar refractivity (Wildman–Crippen MR) is 94.3 cm³/mol. The Morgan fingerprint density at radius 1 is 1.38 bits per heavy atom. The summed E-state index contributed by atoms with van der Waals surface area (Å²) in [5, 5.41) is 0. The van der Waals surface area contributed by atoms with E-state index in [9.17, 15) is 9.59 Å². The molecule has 24 heavy (non-hydrogen) atoms. The van der Waals surface area contributed by atoms with Gasteiger partial charge in [0.25, 0.3) is 11.5 Å². The van der Waals surface area contributed by atoms with Crippen LogP contribution in [0.4, 0.5) is 0 Å². The molecule has 0 aliphatic carbocycles. The highest BCUT2D eigenvalue weighted by molar-refractivity contribution is 5.94. The minimum Gasteiger partial charge on any atom is -0.335 e. The Labute approximate surface area is 142 Å². The molecule has 5 heteroatoms. The highest BCUT2D eigenvalue weighted by Crippen LogP contribution is 2.30. The molecule has 2 aromatic heterocycles. The number of fused-ring (bicyclic) bond motifs is 1. The zero-order valence-electron chi connectivity index (χ0n) is 14.9. The third-order valence-corrected chi connectivity index (χ3v) is 4.58. The number of hydrogen-bond donors (Lipinski definition) is 0. The van der Waals surface area contributed by atoms with Crippen LogP contribution >= 0.6 is 0 Å². The van der Waals surface area contributed by atoms with E-state index in [1.807, 2.05) is 24.0 Å². The van der Waals surface area contributed by atoms with E-state index in [4.69, 9.17) is 0 Å². The van der Waals surface area contributed by atoms with Gasteiger partial charge in [-0.25, -0.2) is 4.98 Å². The average Bonchev–Trinajstić information content (AvgIpc) is 2.92. The van der Waals surface area contributed by atoms with Gasteiger partial charge in [-0.3, -0.25) is 14.0 Å². The van der Waals surface area contributed by atoms with Crippen molar-refractivity contribution in [1.82, 2.24) is 14.3 Å². The number of amides is 1. The molecule has 0 spiro atoms. The largest absolute Gasteiger partial charge is 0.335 e. The molecule has 1 aliphatic heterocycles. The Hall–Kier alpha value is -2.17. The third kappa shape index (κ3) is 3.21. The summed E-state index contributed by atoms with van der Waals surface area (Å²) in [4.78, 5) is 31.8. The first kappa shape index (κ1) is 16.7. The molecule has 1 atom stereocenters. The van der Waals surface area contributed by atoms with E-state index in [2.05, 4.69) is 25.8 Å². The summed E-state index contributed by atoms with van der Waals surface area (Å²) in [6.45, 7) is 9.22. The molecule has 1 amide bonds. The molecule has 0 aromatic carbocycles. The minimum atomic E-state index is -0.286. The maximum atomic E-state index is 12.9. The van der Waals surface area contributed by atoms with Gasteiger partial charge < -0.3 is 4.90 Å². The average molecular weight is 327 g/mol. The smallest absolute Gasteiger partial charge is 0.270 e. The van der Waals surface area contributed by atoms with E-state index in [1.165, 1.54) is 10.6 Å². The lowest BCUT2D eigenvalue weighted by atomic mass is 9.87. The van der Waals surface area contributed by atoms with Gasteiger partial charge in [-0.15, -0.1) is 0 Å². The molecule has 1 fully saturated rings. The first-order valence-electron chi connectivity index (χ1n) is 8.55. The zero-order valence-corrected chi connectivity index (χ0v) is 14.9. The second-order valence-corrected chi connectivity index (χ2v) is 7.97. The quantitative estimate of drug-likeness (QED) is 0.852. The number of aryl methyl sites for hydroxylation is 1. The molecule has 1 aliphatic rings. The molecule has 5 nitrogen and oxygen atoms in total. The van der Waals surface area contributed by atoms with Crippen molar-refractivity contribution in [3.05, 3.63) is 46.0 Å².